The molecule has 2 N–H and O–H groups in total. The maximum Gasteiger partial charge on any atom is 0.307 e. The maximum absolute atomic E-state index is 13.1. The summed E-state index contributed by atoms with van der Waals surface area (Å²) in [4.78, 5) is 22.7. The lowest BCUT2D eigenvalue weighted by atomic mass is 9.73. The van der Waals surface area contributed by atoms with Crippen LogP contribution in [0.25, 0.3) is 0 Å². The van der Waals surface area contributed by atoms with Crippen LogP contribution in [0.5, 0.6) is 0 Å². The molecule has 0 saturated heterocycles. The van der Waals surface area contributed by atoms with Crippen molar-refractivity contribution in [3.8, 4) is 0 Å². The van der Waals surface area contributed by atoms with E-state index < -0.39 is 23.6 Å². The monoisotopic (exact) mass is 251 g/mol. The molecule has 1 aromatic rings. The topological polar surface area (TPSA) is 66.4 Å². The van der Waals surface area contributed by atoms with E-state index in [1.807, 2.05) is 0 Å². The minimum absolute atomic E-state index is 0.348. The second-order valence-electron chi connectivity index (χ2n) is 4.64. The van der Waals surface area contributed by atoms with E-state index in [-0.39, 0.29) is 5.91 Å². The van der Waals surface area contributed by atoms with Crippen molar-refractivity contribution < 1.29 is 19.1 Å². The second kappa shape index (κ2) is 4.76. The summed E-state index contributed by atoms with van der Waals surface area (Å²) in [7, 11) is 0. The molecule has 2 rings (SSSR count). The van der Waals surface area contributed by atoms with E-state index in [4.69, 9.17) is 5.11 Å². The van der Waals surface area contributed by atoms with Gasteiger partial charge in [0, 0.05) is 5.69 Å². The van der Waals surface area contributed by atoms with Gasteiger partial charge in [-0.3, -0.25) is 9.59 Å². The molecule has 18 heavy (non-hydrogen) atoms. The van der Waals surface area contributed by atoms with Crippen molar-refractivity contribution in [1.82, 2.24) is 0 Å². The minimum Gasteiger partial charge on any atom is -0.481 e. The van der Waals surface area contributed by atoms with Gasteiger partial charge in [0.05, 0.1) is 11.8 Å². The van der Waals surface area contributed by atoms with Crippen LogP contribution in [0.3, 0.4) is 0 Å². The number of carbonyl (C=O) groups is 2. The van der Waals surface area contributed by atoms with Gasteiger partial charge in [-0.15, -0.1) is 0 Å². The predicted octanol–water partition coefficient (Wildman–Crippen LogP) is 2.18. The first-order valence-corrected chi connectivity index (χ1v) is 5.78. The molecule has 0 heterocycles. The molecule has 0 aliphatic heterocycles. The Kier molecular flexibility index (Phi) is 3.32. The first-order chi connectivity index (χ1) is 8.47. The van der Waals surface area contributed by atoms with Crippen molar-refractivity contribution in [2.24, 2.45) is 11.8 Å². The average molecular weight is 251 g/mol. The molecule has 1 saturated carbocycles. The van der Waals surface area contributed by atoms with Crippen molar-refractivity contribution in [3.63, 3.8) is 0 Å². The van der Waals surface area contributed by atoms with Crippen LogP contribution < -0.4 is 5.32 Å². The van der Waals surface area contributed by atoms with Gasteiger partial charge in [-0.25, -0.2) is 4.39 Å². The Bertz CT molecular complexity index is 481. The number of aliphatic carboxylic acids is 1. The van der Waals surface area contributed by atoms with E-state index in [1.165, 1.54) is 12.1 Å². The molecule has 2 atom stereocenters. The van der Waals surface area contributed by atoms with Crippen LogP contribution in [0, 0.1) is 24.6 Å². The SMILES string of the molecule is Cc1cc(F)cc(NC(=O)C2CCC2C(=O)O)c1. The normalized spacial score (nSPS) is 22.1. The summed E-state index contributed by atoms with van der Waals surface area (Å²) in [5.41, 5.74) is 1.07. The molecule has 1 aliphatic carbocycles. The Morgan fingerprint density at radius 2 is 1.94 bits per heavy atom. The van der Waals surface area contributed by atoms with E-state index in [9.17, 15) is 14.0 Å². The first-order valence-electron chi connectivity index (χ1n) is 5.78. The summed E-state index contributed by atoms with van der Waals surface area (Å²) in [6.45, 7) is 1.72. The number of anilines is 1. The highest BCUT2D eigenvalue weighted by Gasteiger charge is 2.41. The molecule has 1 amide bonds. The first kappa shape index (κ1) is 12.5. The van der Waals surface area contributed by atoms with Crippen molar-refractivity contribution in [1.29, 1.82) is 0 Å². The standard InChI is InChI=1S/C13H14FNO3/c1-7-4-8(14)6-9(5-7)15-12(16)10-2-3-11(10)13(17)18/h4-6,10-11H,2-3H2,1H3,(H,15,16)(H,17,18). The quantitative estimate of drug-likeness (QED) is 0.865. The third-order valence-electron chi connectivity index (χ3n) is 3.24. The molecule has 4 nitrogen and oxygen atoms in total. The van der Waals surface area contributed by atoms with Gasteiger partial charge in [0.25, 0.3) is 0 Å². The van der Waals surface area contributed by atoms with Gasteiger partial charge in [0.15, 0.2) is 0 Å². The van der Waals surface area contributed by atoms with Crippen LogP contribution in [0.15, 0.2) is 18.2 Å². The molecule has 1 aromatic carbocycles. The van der Waals surface area contributed by atoms with Gasteiger partial charge in [-0.2, -0.15) is 0 Å². The summed E-state index contributed by atoms with van der Waals surface area (Å²) < 4.78 is 13.1. The van der Waals surface area contributed by atoms with E-state index in [0.717, 1.165) is 0 Å². The van der Waals surface area contributed by atoms with Gasteiger partial charge in [0.2, 0.25) is 5.91 Å². The summed E-state index contributed by atoms with van der Waals surface area (Å²) in [6, 6.07) is 4.23. The molecule has 0 radical (unpaired) electrons. The molecule has 0 aromatic heterocycles. The van der Waals surface area contributed by atoms with Crippen LogP contribution in [0.1, 0.15) is 18.4 Å². The number of amides is 1. The number of aryl methyl sites for hydroxylation is 1. The van der Waals surface area contributed by atoms with Crippen LogP contribution in [-0.4, -0.2) is 17.0 Å². The van der Waals surface area contributed by atoms with E-state index in [0.29, 0.717) is 24.1 Å². The maximum atomic E-state index is 13.1. The Balaban J connectivity index is 2.05. The lowest BCUT2D eigenvalue weighted by Crippen LogP contribution is -2.41. The Morgan fingerprint density at radius 1 is 1.28 bits per heavy atom. The zero-order valence-electron chi connectivity index (χ0n) is 9.94. The number of halogens is 1. The Morgan fingerprint density at radius 3 is 2.44 bits per heavy atom. The largest absolute Gasteiger partial charge is 0.481 e. The smallest absolute Gasteiger partial charge is 0.307 e. The lowest BCUT2D eigenvalue weighted by Gasteiger charge is -2.31. The fraction of sp³-hybridized carbons (Fsp3) is 0.385. The number of hydrogen-bond acceptors (Lipinski definition) is 2. The fourth-order valence-corrected chi connectivity index (χ4v) is 2.15. The summed E-state index contributed by atoms with van der Waals surface area (Å²) in [6.07, 6.45) is 1.09. The average Bonchev–Trinajstić information content (AvgIpc) is 2.11. The lowest BCUT2D eigenvalue weighted by molar-refractivity contribution is -0.151. The minimum atomic E-state index is -0.947. The van der Waals surface area contributed by atoms with Crippen molar-refractivity contribution in [2.45, 2.75) is 19.8 Å². The molecule has 2 unspecified atom stereocenters. The molecule has 5 heteroatoms. The Labute approximate surface area is 104 Å². The number of hydrogen-bond donors (Lipinski definition) is 2. The zero-order chi connectivity index (χ0) is 13.3. The van der Waals surface area contributed by atoms with Crippen molar-refractivity contribution in [3.05, 3.63) is 29.6 Å². The fourth-order valence-electron chi connectivity index (χ4n) is 2.15. The highest BCUT2D eigenvalue weighted by atomic mass is 19.1. The number of carboxylic acids is 1. The summed E-state index contributed by atoms with van der Waals surface area (Å²) in [5, 5.41) is 11.4. The van der Waals surface area contributed by atoms with Crippen LogP contribution in [-0.2, 0) is 9.59 Å². The van der Waals surface area contributed by atoms with Gasteiger partial charge in [-0.1, -0.05) is 0 Å². The number of carbonyl (C=O) groups excluding carboxylic acids is 1. The van der Waals surface area contributed by atoms with Gasteiger partial charge >= 0.3 is 5.97 Å². The van der Waals surface area contributed by atoms with Gasteiger partial charge in [0.1, 0.15) is 5.82 Å². The molecule has 1 aliphatic rings. The highest BCUT2D eigenvalue weighted by molar-refractivity contribution is 5.96. The number of carboxylic acid groups (broad SMARTS) is 1. The predicted molar refractivity (Wildman–Crippen MR) is 63.6 cm³/mol. The highest BCUT2D eigenvalue weighted by Crippen LogP contribution is 2.35. The number of benzene rings is 1. The molecule has 0 bridgehead atoms. The van der Waals surface area contributed by atoms with Crippen molar-refractivity contribution >= 4 is 17.6 Å². The van der Waals surface area contributed by atoms with Crippen LogP contribution in [0.4, 0.5) is 10.1 Å². The third-order valence-corrected chi connectivity index (χ3v) is 3.24. The van der Waals surface area contributed by atoms with Crippen LogP contribution >= 0.6 is 0 Å². The van der Waals surface area contributed by atoms with E-state index in [1.54, 1.807) is 13.0 Å². The summed E-state index contributed by atoms with van der Waals surface area (Å²) in [5.74, 6) is -2.84. The molecule has 0 spiro atoms. The van der Waals surface area contributed by atoms with E-state index in [2.05, 4.69) is 5.32 Å². The zero-order valence-corrected chi connectivity index (χ0v) is 9.94. The molecule has 96 valence electrons. The second-order valence-corrected chi connectivity index (χ2v) is 4.64. The Hall–Kier alpha value is -1.91. The third kappa shape index (κ3) is 2.50. The van der Waals surface area contributed by atoms with Gasteiger partial charge in [-0.05, 0) is 43.5 Å². The van der Waals surface area contributed by atoms with E-state index >= 15 is 0 Å². The molecule has 1 fully saturated rings. The van der Waals surface area contributed by atoms with Gasteiger partial charge < -0.3 is 10.4 Å². The summed E-state index contributed by atoms with van der Waals surface area (Å²) >= 11 is 0. The van der Waals surface area contributed by atoms with Crippen molar-refractivity contribution in [2.75, 3.05) is 5.32 Å². The molecular weight excluding hydrogens is 237 g/mol. The number of nitrogens with one attached hydrogen (secondary N) is 1. The number of rotatable bonds is 3. The van der Waals surface area contributed by atoms with Crippen LogP contribution in [0.2, 0.25) is 0 Å². The molecular formula is C13H14FNO3.